The number of pyridine rings is 1. The van der Waals surface area contributed by atoms with Crippen LogP contribution in [-0.4, -0.2) is 11.6 Å². The highest BCUT2D eigenvalue weighted by atomic mass is 35.5. The van der Waals surface area contributed by atoms with Gasteiger partial charge in [-0.05, 0) is 42.2 Å². The van der Waals surface area contributed by atoms with Gasteiger partial charge in [0.2, 0.25) is 0 Å². The quantitative estimate of drug-likeness (QED) is 0.748. The molecule has 0 saturated heterocycles. The maximum Gasteiger partial charge on any atom is 0.152 e. The van der Waals surface area contributed by atoms with Crippen molar-refractivity contribution < 1.29 is 4.74 Å². The van der Waals surface area contributed by atoms with Crippen molar-refractivity contribution in [2.75, 3.05) is 11.9 Å². The van der Waals surface area contributed by atoms with E-state index in [4.69, 9.17) is 16.3 Å². The highest BCUT2D eigenvalue weighted by Gasteiger charge is 2.01. The van der Waals surface area contributed by atoms with E-state index in [9.17, 15) is 0 Å². The third kappa shape index (κ3) is 5.27. The molecule has 4 heteroatoms. The van der Waals surface area contributed by atoms with E-state index in [1.54, 1.807) is 6.20 Å². The lowest BCUT2D eigenvalue weighted by Gasteiger charge is -2.10. The van der Waals surface area contributed by atoms with E-state index < -0.39 is 0 Å². The van der Waals surface area contributed by atoms with Crippen molar-refractivity contribution in [2.45, 2.75) is 26.8 Å². The van der Waals surface area contributed by atoms with Crippen LogP contribution in [-0.2, 0) is 6.54 Å². The number of ether oxygens (including phenoxy) is 1. The summed E-state index contributed by atoms with van der Waals surface area (Å²) in [5.41, 5.74) is 2.02. The monoisotopic (exact) mass is 304 g/mol. The summed E-state index contributed by atoms with van der Waals surface area (Å²) >= 11 is 6.00. The first-order valence-corrected chi connectivity index (χ1v) is 7.59. The van der Waals surface area contributed by atoms with Gasteiger partial charge in [-0.25, -0.2) is 4.98 Å². The molecule has 2 aromatic rings. The molecule has 21 heavy (non-hydrogen) atoms. The number of halogens is 1. The maximum absolute atomic E-state index is 6.00. The SMILES string of the molecule is CC(C)CCOc1ccc(CNc2cccnc2Cl)cc1. The van der Waals surface area contributed by atoms with Gasteiger partial charge < -0.3 is 10.1 Å². The Bertz CT molecular complexity index is 555. The smallest absolute Gasteiger partial charge is 0.152 e. The van der Waals surface area contributed by atoms with Crippen LogP contribution in [0, 0.1) is 5.92 Å². The first-order valence-electron chi connectivity index (χ1n) is 7.21. The molecule has 1 aromatic carbocycles. The fourth-order valence-corrected chi connectivity index (χ4v) is 2.02. The minimum Gasteiger partial charge on any atom is -0.494 e. The predicted molar refractivity (Wildman–Crippen MR) is 88.0 cm³/mol. The second kappa shape index (κ2) is 7.89. The molecule has 0 spiro atoms. The molecule has 0 bridgehead atoms. The van der Waals surface area contributed by atoms with Crippen molar-refractivity contribution in [2.24, 2.45) is 5.92 Å². The fourth-order valence-electron chi connectivity index (χ4n) is 1.83. The number of hydrogen-bond donors (Lipinski definition) is 1. The van der Waals surface area contributed by atoms with E-state index in [2.05, 4.69) is 36.3 Å². The third-order valence-electron chi connectivity index (χ3n) is 3.13. The molecular formula is C17H21ClN2O. The second-order valence-corrected chi connectivity index (χ2v) is 5.73. The molecule has 0 aliphatic heterocycles. The molecule has 0 aliphatic carbocycles. The van der Waals surface area contributed by atoms with Crippen molar-refractivity contribution in [1.29, 1.82) is 0 Å². The van der Waals surface area contributed by atoms with E-state index in [1.807, 2.05) is 24.3 Å². The summed E-state index contributed by atoms with van der Waals surface area (Å²) in [5, 5.41) is 3.76. The molecule has 0 radical (unpaired) electrons. The summed E-state index contributed by atoms with van der Waals surface area (Å²) in [7, 11) is 0. The minimum atomic E-state index is 0.492. The van der Waals surface area contributed by atoms with E-state index in [1.165, 1.54) is 5.56 Å². The highest BCUT2D eigenvalue weighted by molar-refractivity contribution is 6.31. The zero-order valence-electron chi connectivity index (χ0n) is 12.5. The third-order valence-corrected chi connectivity index (χ3v) is 3.43. The Morgan fingerprint density at radius 3 is 2.62 bits per heavy atom. The topological polar surface area (TPSA) is 34.1 Å². The van der Waals surface area contributed by atoms with Gasteiger partial charge in [0, 0.05) is 12.7 Å². The normalized spacial score (nSPS) is 10.7. The Kier molecular flexibility index (Phi) is 5.88. The number of benzene rings is 1. The van der Waals surface area contributed by atoms with Crippen LogP contribution in [0.5, 0.6) is 5.75 Å². The van der Waals surface area contributed by atoms with Gasteiger partial charge in [0.15, 0.2) is 5.15 Å². The summed E-state index contributed by atoms with van der Waals surface area (Å²) < 4.78 is 5.70. The van der Waals surface area contributed by atoms with Crippen LogP contribution in [0.4, 0.5) is 5.69 Å². The van der Waals surface area contributed by atoms with Crippen LogP contribution in [0.1, 0.15) is 25.8 Å². The number of aromatic nitrogens is 1. The molecule has 0 atom stereocenters. The van der Waals surface area contributed by atoms with Crippen LogP contribution < -0.4 is 10.1 Å². The highest BCUT2D eigenvalue weighted by Crippen LogP contribution is 2.19. The van der Waals surface area contributed by atoms with Crippen LogP contribution in [0.2, 0.25) is 5.15 Å². The lowest BCUT2D eigenvalue weighted by molar-refractivity contribution is 0.289. The van der Waals surface area contributed by atoms with E-state index in [-0.39, 0.29) is 0 Å². The molecule has 112 valence electrons. The summed E-state index contributed by atoms with van der Waals surface area (Å²) in [6.45, 7) is 5.86. The Labute approximate surface area is 131 Å². The van der Waals surface area contributed by atoms with E-state index >= 15 is 0 Å². The number of anilines is 1. The lowest BCUT2D eigenvalue weighted by atomic mass is 10.1. The first kappa shape index (κ1) is 15.6. The second-order valence-electron chi connectivity index (χ2n) is 5.37. The molecule has 0 unspecified atom stereocenters. The molecule has 1 aromatic heterocycles. The van der Waals surface area contributed by atoms with Crippen molar-refractivity contribution in [1.82, 2.24) is 4.98 Å². The Balaban J connectivity index is 1.84. The number of nitrogens with one attached hydrogen (secondary N) is 1. The molecule has 3 nitrogen and oxygen atoms in total. The van der Waals surface area contributed by atoms with Gasteiger partial charge in [-0.3, -0.25) is 0 Å². The predicted octanol–water partition coefficient (Wildman–Crippen LogP) is 4.77. The largest absolute Gasteiger partial charge is 0.494 e. The number of rotatable bonds is 7. The Hall–Kier alpha value is -1.74. The van der Waals surface area contributed by atoms with Crippen molar-refractivity contribution in [3.8, 4) is 5.75 Å². The summed E-state index contributed by atoms with van der Waals surface area (Å²) in [6.07, 6.45) is 2.75. The minimum absolute atomic E-state index is 0.492. The summed E-state index contributed by atoms with van der Waals surface area (Å²) in [5.74, 6) is 1.58. The number of nitrogens with zero attached hydrogens (tertiary/aromatic N) is 1. The van der Waals surface area contributed by atoms with Crippen molar-refractivity contribution in [3.63, 3.8) is 0 Å². The zero-order chi connectivity index (χ0) is 15.1. The average molecular weight is 305 g/mol. The molecule has 0 aliphatic rings. The van der Waals surface area contributed by atoms with Gasteiger partial charge in [0.1, 0.15) is 5.75 Å². The standard InChI is InChI=1S/C17H21ClN2O/c1-13(2)9-11-21-15-7-5-14(6-8-15)12-20-16-4-3-10-19-17(16)18/h3-8,10,13,20H,9,11-12H2,1-2H3. The van der Waals surface area contributed by atoms with Crippen molar-refractivity contribution >= 4 is 17.3 Å². The summed E-state index contributed by atoms with van der Waals surface area (Å²) in [6, 6.07) is 11.9. The average Bonchev–Trinajstić information content (AvgIpc) is 2.47. The van der Waals surface area contributed by atoms with Crippen LogP contribution >= 0.6 is 11.6 Å². The van der Waals surface area contributed by atoms with Crippen LogP contribution in [0.3, 0.4) is 0 Å². The molecule has 0 saturated carbocycles. The summed E-state index contributed by atoms with van der Waals surface area (Å²) in [4.78, 5) is 4.04. The van der Waals surface area contributed by atoms with Gasteiger partial charge in [0.25, 0.3) is 0 Å². The van der Waals surface area contributed by atoms with Gasteiger partial charge in [-0.1, -0.05) is 37.6 Å². The molecule has 0 amide bonds. The Morgan fingerprint density at radius 2 is 1.95 bits per heavy atom. The van der Waals surface area contributed by atoms with Crippen LogP contribution in [0.15, 0.2) is 42.6 Å². The number of hydrogen-bond acceptors (Lipinski definition) is 3. The van der Waals surface area contributed by atoms with Gasteiger partial charge in [-0.2, -0.15) is 0 Å². The Morgan fingerprint density at radius 1 is 1.19 bits per heavy atom. The first-order chi connectivity index (χ1) is 10.1. The van der Waals surface area contributed by atoms with Gasteiger partial charge in [-0.15, -0.1) is 0 Å². The lowest BCUT2D eigenvalue weighted by Crippen LogP contribution is -2.02. The van der Waals surface area contributed by atoms with Crippen LogP contribution in [0.25, 0.3) is 0 Å². The maximum atomic E-state index is 6.00. The van der Waals surface area contributed by atoms with Gasteiger partial charge in [0.05, 0.1) is 12.3 Å². The van der Waals surface area contributed by atoms with E-state index in [0.29, 0.717) is 17.6 Å². The zero-order valence-corrected chi connectivity index (χ0v) is 13.2. The van der Waals surface area contributed by atoms with E-state index in [0.717, 1.165) is 24.5 Å². The van der Waals surface area contributed by atoms with Gasteiger partial charge >= 0.3 is 0 Å². The van der Waals surface area contributed by atoms with Crippen molar-refractivity contribution in [3.05, 3.63) is 53.3 Å². The molecular weight excluding hydrogens is 284 g/mol. The molecule has 2 rings (SSSR count). The molecule has 0 fully saturated rings. The molecule has 1 N–H and O–H groups in total. The fraction of sp³-hybridized carbons (Fsp3) is 0.353. The molecule has 1 heterocycles.